The van der Waals surface area contributed by atoms with Gasteiger partial charge < -0.3 is 19.1 Å². The van der Waals surface area contributed by atoms with Gasteiger partial charge in [0.05, 0.1) is 7.11 Å². The van der Waals surface area contributed by atoms with Crippen LogP contribution >= 0.6 is 0 Å². The van der Waals surface area contributed by atoms with Gasteiger partial charge in [-0.15, -0.1) is 0 Å². The van der Waals surface area contributed by atoms with Crippen LogP contribution in [0.25, 0.3) is 0 Å². The number of alkyl halides is 3. The minimum absolute atomic E-state index is 0.102. The molecule has 1 amide bonds. The summed E-state index contributed by atoms with van der Waals surface area (Å²) in [7, 11) is 1.41. The number of hydrogen-bond acceptors (Lipinski definition) is 4. The third-order valence-electron chi connectivity index (χ3n) is 4.44. The summed E-state index contributed by atoms with van der Waals surface area (Å²) < 4.78 is 54.8. The maximum absolute atomic E-state index is 12.9. The third-order valence-corrected chi connectivity index (χ3v) is 4.44. The van der Waals surface area contributed by atoms with E-state index in [1.54, 1.807) is 0 Å². The first kappa shape index (κ1) is 17.7. The molecule has 138 valence electrons. The van der Waals surface area contributed by atoms with Crippen LogP contribution in [0.4, 0.5) is 13.2 Å². The van der Waals surface area contributed by atoms with Gasteiger partial charge in [-0.1, -0.05) is 6.42 Å². The van der Waals surface area contributed by atoms with E-state index in [1.807, 2.05) is 0 Å². The van der Waals surface area contributed by atoms with E-state index in [4.69, 9.17) is 14.2 Å². The number of benzene rings is 1. The molecule has 0 saturated heterocycles. The summed E-state index contributed by atoms with van der Waals surface area (Å²) in [6.45, 7) is -0.505. The maximum atomic E-state index is 12.9. The number of carbonyl (C=O) groups is 1. The van der Waals surface area contributed by atoms with Gasteiger partial charge in [0.15, 0.2) is 11.5 Å². The lowest BCUT2D eigenvalue weighted by Crippen LogP contribution is -2.43. The van der Waals surface area contributed by atoms with E-state index in [-0.39, 0.29) is 23.8 Å². The SMILES string of the molecule is COc1cc(C(=O)N(CC2CCC2)CC(F)(F)F)cc2c1OCCO2. The van der Waals surface area contributed by atoms with E-state index >= 15 is 0 Å². The zero-order valence-electron chi connectivity index (χ0n) is 13.9. The second-order valence-electron chi connectivity index (χ2n) is 6.30. The van der Waals surface area contributed by atoms with E-state index in [2.05, 4.69) is 0 Å². The number of ether oxygens (including phenoxy) is 3. The van der Waals surface area contributed by atoms with Crippen LogP contribution in [-0.4, -0.2) is 50.4 Å². The Kier molecular flexibility index (Phi) is 4.96. The Morgan fingerprint density at radius 2 is 2.00 bits per heavy atom. The molecule has 0 aromatic heterocycles. The predicted octanol–water partition coefficient (Wildman–Crippen LogP) is 3.27. The molecule has 25 heavy (non-hydrogen) atoms. The molecular weight excluding hydrogens is 339 g/mol. The molecule has 1 saturated carbocycles. The highest BCUT2D eigenvalue weighted by Crippen LogP contribution is 2.41. The summed E-state index contributed by atoms with van der Waals surface area (Å²) in [5.41, 5.74) is 0.102. The number of fused-ring (bicyclic) bond motifs is 1. The van der Waals surface area contributed by atoms with Crippen molar-refractivity contribution in [1.82, 2.24) is 4.90 Å². The fourth-order valence-electron chi connectivity index (χ4n) is 3.00. The number of rotatable bonds is 5. The molecule has 1 aromatic carbocycles. The first-order valence-electron chi connectivity index (χ1n) is 8.21. The molecule has 0 N–H and O–H groups in total. The Balaban J connectivity index is 1.87. The second-order valence-corrected chi connectivity index (χ2v) is 6.30. The van der Waals surface area contributed by atoms with Crippen molar-refractivity contribution in [2.45, 2.75) is 25.4 Å². The number of carbonyl (C=O) groups excluding carboxylic acids is 1. The van der Waals surface area contributed by atoms with Gasteiger partial charge in [-0.3, -0.25) is 4.79 Å². The third kappa shape index (κ3) is 4.11. The van der Waals surface area contributed by atoms with Crippen molar-refractivity contribution in [3.05, 3.63) is 17.7 Å². The zero-order chi connectivity index (χ0) is 18.0. The van der Waals surface area contributed by atoms with Crippen LogP contribution < -0.4 is 14.2 Å². The zero-order valence-corrected chi connectivity index (χ0v) is 13.9. The quantitative estimate of drug-likeness (QED) is 0.810. The van der Waals surface area contributed by atoms with Gasteiger partial charge in [0.25, 0.3) is 5.91 Å². The van der Waals surface area contributed by atoms with Gasteiger partial charge in [0, 0.05) is 12.1 Å². The number of methoxy groups -OCH3 is 1. The molecule has 0 spiro atoms. The van der Waals surface area contributed by atoms with Crippen molar-refractivity contribution < 1.29 is 32.2 Å². The summed E-state index contributed by atoms with van der Waals surface area (Å²) in [4.78, 5) is 13.6. The van der Waals surface area contributed by atoms with Crippen molar-refractivity contribution in [2.24, 2.45) is 5.92 Å². The van der Waals surface area contributed by atoms with Gasteiger partial charge in [0.1, 0.15) is 19.8 Å². The average Bonchev–Trinajstić information content (AvgIpc) is 2.54. The monoisotopic (exact) mass is 359 g/mol. The minimum Gasteiger partial charge on any atom is -0.493 e. The molecule has 0 radical (unpaired) electrons. The molecule has 3 rings (SSSR count). The summed E-state index contributed by atoms with van der Waals surface area (Å²) in [5, 5.41) is 0. The van der Waals surface area contributed by atoms with Crippen LogP contribution in [0.2, 0.25) is 0 Å². The smallest absolute Gasteiger partial charge is 0.406 e. The van der Waals surface area contributed by atoms with Crippen LogP contribution in [0.1, 0.15) is 29.6 Å². The molecule has 0 unspecified atom stereocenters. The molecule has 1 aliphatic carbocycles. The number of amides is 1. The normalized spacial score (nSPS) is 17.0. The fraction of sp³-hybridized carbons (Fsp3) is 0.588. The minimum atomic E-state index is -4.45. The highest BCUT2D eigenvalue weighted by atomic mass is 19.4. The van der Waals surface area contributed by atoms with Gasteiger partial charge >= 0.3 is 6.18 Å². The van der Waals surface area contributed by atoms with Crippen LogP contribution in [0.3, 0.4) is 0 Å². The van der Waals surface area contributed by atoms with Gasteiger partial charge in [-0.05, 0) is 30.9 Å². The molecular formula is C17H20F3NO4. The topological polar surface area (TPSA) is 48.0 Å². The van der Waals surface area contributed by atoms with Crippen LogP contribution in [-0.2, 0) is 0 Å². The van der Waals surface area contributed by atoms with Crippen molar-refractivity contribution >= 4 is 5.91 Å². The maximum Gasteiger partial charge on any atom is 0.406 e. The Bertz CT molecular complexity index is 626. The second kappa shape index (κ2) is 7.01. The Labute approximate surface area is 143 Å². The molecule has 2 aliphatic rings. The van der Waals surface area contributed by atoms with E-state index in [0.717, 1.165) is 24.2 Å². The lowest BCUT2D eigenvalue weighted by Gasteiger charge is -2.33. The summed E-state index contributed by atoms with van der Waals surface area (Å²) in [6, 6.07) is 2.82. The molecule has 5 nitrogen and oxygen atoms in total. The Hall–Kier alpha value is -2.12. The van der Waals surface area contributed by atoms with E-state index in [0.29, 0.717) is 24.7 Å². The summed E-state index contributed by atoms with van der Waals surface area (Å²) in [5.74, 6) is 0.400. The Morgan fingerprint density at radius 3 is 2.60 bits per heavy atom. The number of halogens is 3. The highest BCUT2D eigenvalue weighted by Gasteiger charge is 2.36. The molecule has 1 aliphatic heterocycles. The van der Waals surface area contributed by atoms with E-state index in [9.17, 15) is 18.0 Å². The van der Waals surface area contributed by atoms with Crippen LogP contribution in [0.5, 0.6) is 17.2 Å². The highest BCUT2D eigenvalue weighted by molar-refractivity contribution is 5.95. The lowest BCUT2D eigenvalue weighted by atomic mass is 9.85. The van der Waals surface area contributed by atoms with Crippen molar-refractivity contribution in [1.29, 1.82) is 0 Å². The first-order chi connectivity index (χ1) is 11.9. The Morgan fingerprint density at radius 1 is 1.28 bits per heavy atom. The lowest BCUT2D eigenvalue weighted by molar-refractivity contribution is -0.142. The molecule has 0 bridgehead atoms. The van der Waals surface area contributed by atoms with Crippen molar-refractivity contribution in [2.75, 3.05) is 33.4 Å². The molecule has 1 heterocycles. The summed E-state index contributed by atoms with van der Waals surface area (Å²) >= 11 is 0. The largest absolute Gasteiger partial charge is 0.493 e. The molecule has 1 aromatic rings. The molecule has 1 fully saturated rings. The first-order valence-corrected chi connectivity index (χ1v) is 8.21. The van der Waals surface area contributed by atoms with E-state index < -0.39 is 18.6 Å². The van der Waals surface area contributed by atoms with Crippen LogP contribution in [0.15, 0.2) is 12.1 Å². The van der Waals surface area contributed by atoms with Crippen LogP contribution in [0, 0.1) is 5.92 Å². The van der Waals surface area contributed by atoms with Gasteiger partial charge in [-0.25, -0.2) is 0 Å². The molecule has 8 heteroatoms. The van der Waals surface area contributed by atoms with Gasteiger partial charge in [0.2, 0.25) is 5.75 Å². The number of nitrogens with zero attached hydrogens (tertiary/aromatic N) is 1. The molecule has 0 atom stereocenters. The van der Waals surface area contributed by atoms with Gasteiger partial charge in [-0.2, -0.15) is 13.2 Å². The average molecular weight is 359 g/mol. The fourth-order valence-corrected chi connectivity index (χ4v) is 3.00. The predicted molar refractivity (Wildman–Crippen MR) is 83.3 cm³/mol. The summed E-state index contributed by atoms with van der Waals surface area (Å²) in [6.07, 6.45) is -1.74. The van der Waals surface area contributed by atoms with Crippen molar-refractivity contribution in [3.8, 4) is 17.2 Å². The van der Waals surface area contributed by atoms with Crippen molar-refractivity contribution in [3.63, 3.8) is 0 Å². The van der Waals surface area contributed by atoms with E-state index in [1.165, 1.54) is 19.2 Å². The standard InChI is InChI=1S/C17H20F3NO4/c1-23-13-7-12(8-14-15(13)25-6-5-24-14)16(22)21(10-17(18,19)20)9-11-3-2-4-11/h7-8,11H,2-6,9-10H2,1H3. The number of hydrogen-bond donors (Lipinski definition) is 0.